The molecule has 0 radical (unpaired) electrons. The van der Waals surface area contributed by atoms with Crippen LogP contribution in [-0.2, 0) is 13.2 Å². The van der Waals surface area contributed by atoms with E-state index in [9.17, 15) is 0 Å². The molecule has 0 aliphatic rings. The summed E-state index contributed by atoms with van der Waals surface area (Å²) in [6.07, 6.45) is 1.46. The number of aromatic nitrogens is 1. The number of ether oxygens (including phenoxy) is 1. The first-order chi connectivity index (χ1) is 8.72. The van der Waals surface area contributed by atoms with Crippen LogP contribution in [0, 0.1) is 0 Å². The number of methoxy groups -OCH3 is 1. The quantitative estimate of drug-likeness (QED) is 0.874. The van der Waals surface area contributed by atoms with E-state index in [0.717, 1.165) is 11.3 Å². The Balaban J connectivity index is 2.08. The van der Waals surface area contributed by atoms with Crippen molar-refractivity contribution in [3.05, 3.63) is 41.8 Å². The van der Waals surface area contributed by atoms with Crippen LogP contribution in [0.3, 0.4) is 0 Å². The number of oxazole rings is 1. The molecule has 0 unspecified atom stereocenters. The highest BCUT2D eigenvalue weighted by Gasteiger charge is 2.09. The fourth-order valence-electron chi connectivity index (χ4n) is 1.66. The van der Waals surface area contributed by atoms with E-state index in [1.54, 1.807) is 7.11 Å². The van der Waals surface area contributed by atoms with E-state index in [1.165, 1.54) is 6.26 Å². The Bertz CT molecular complexity index is 510. The van der Waals surface area contributed by atoms with Crippen LogP contribution < -0.4 is 9.64 Å². The summed E-state index contributed by atoms with van der Waals surface area (Å²) in [5.41, 5.74) is 1.63. The van der Waals surface area contributed by atoms with E-state index in [2.05, 4.69) is 4.98 Å². The molecule has 1 N–H and O–H groups in total. The average Bonchev–Trinajstić information content (AvgIpc) is 2.88. The van der Waals surface area contributed by atoms with Crippen molar-refractivity contribution in [2.45, 2.75) is 13.2 Å². The molecule has 2 rings (SSSR count). The van der Waals surface area contributed by atoms with Gasteiger partial charge in [-0.3, -0.25) is 0 Å². The van der Waals surface area contributed by atoms with Crippen LogP contribution >= 0.6 is 0 Å². The Kier molecular flexibility index (Phi) is 3.84. The lowest BCUT2D eigenvalue weighted by molar-refractivity contribution is 0.276. The van der Waals surface area contributed by atoms with Gasteiger partial charge in [0.1, 0.15) is 17.7 Å². The molecule has 96 valence electrons. The standard InChI is InChI=1S/C13H16N2O3/c1-15(13-14-11(8-16)9-18-13)7-10-4-3-5-12(6-10)17-2/h3-6,9,16H,7-8H2,1-2H3. The van der Waals surface area contributed by atoms with Gasteiger partial charge in [0.15, 0.2) is 0 Å². The number of aliphatic hydroxyl groups excluding tert-OH is 1. The summed E-state index contributed by atoms with van der Waals surface area (Å²) >= 11 is 0. The Morgan fingerprint density at radius 3 is 2.94 bits per heavy atom. The first-order valence-corrected chi connectivity index (χ1v) is 5.62. The highest BCUT2D eigenvalue weighted by Crippen LogP contribution is 2.18. The van der Waals surface area contributed by atoms with Crippen molar-refractivity contribution in [2.24, 2.45) is 0 Å². The van der Waals surface area contributed by atoms with Crippen LogP contribution in [0.15, 0.2) is 34.9 Å². The summed E-state index contributed by atoms with van der Waals surface area (Å²) < 4.78 is 10.4. The van der Waals surface area contributed by atoms with Gasteiger partial charge >= 0.3 is 0 Å². The predicted octanol–water partition coefficient (Wildman–Crippen LogP) is 1.81. The van der Waals surface area contributed by atoms with Gasteiger partial charge in [-0.1, -0.05) is 12.1 Å². The first kappa shape index (κ1) is 12.4. The molecule has 2 aromatic rings. The summed E-state index contributed by atoms with van der Waals surface area (Å²) in [6.45, 7) is 0.541. The molecule has 5 heteroatoms. The van der Waals surface area contributed by atoms with Gasteiger partial charge in [0, 0.05) is 13.6 Å². The number of aliphatic hydroxyl groups is 1. The van der Waals surface area contributed by atoms with Crippen molar-refractivity contribution in [1.29, 1.82) is 0 Å². The van der Waals surface area contributed by atoms with Gasteiger partial charge < -0.3 is 19.2 Å². The maximum Gasteiger partial charge on any atom is 0.297 e. The fourth-order valence-corrected chi connectivity index (χ4v) is 1.66. The Labute approximate surface area is 106 Å². The van der Waals surface area contributed by atoms with Crippen LogP contribution in [0.1, 0.15) is 11.3 Å². The van der Waals surface area contributed by atoms with Gasteiger partial charge in [-0.05, 0) is 17.7 Å². The molecule has 1 aromatic carbocycles. The third-order valence-corrected chi connectivity index (χ3v) is 2.58. The molecule has 1 aromatic heterocycles. The van der Waals surface area contributed by atoms with Gasteiger partial charge in [-0.25, -0.2) is 0 Å². The molecule has 18 heavy (non-hydrogen) atoms. The average molecular weight is 248 g/mol. The molecule has 0 fully saturated rings. The number of hydrogen-bond acceptors (Lipinski definition) is 5. The lowest BCUT2D eigenvalue weighted by Gasteiger charge is -2.14. The summed E-state index contributed by atoms with van der Waals surface area (Å²) in [7, 11) is 3.52. The zero-order valence-corrected chi connectivity index (χ0v) is 10.5. The SMILES string of the molecule is COc1cccc(CN(C)c2nc(CO)co2)c1. The second-order valence-corrected chi connectivity index (χ2v) is 3.99. The van der Waals surface area contributed by atoms with Crippen LogP contribution in [0.5, 0.6) is 5.75 Å². The highest BCUT2D eigenvalue weighted by molar-refractivity contribution is 5.33. The number of nitrogens with zero attached hydrogens (tertiary/aromatic N) is 2. The molecule has 0 aliphatic heterocycles. The zero-order valence-electron chi connectivity index (χ0n) is 10.5. The zero-order chi connectivity index (χ0) is 13.0. The van der Waals surface area contributed by atoms with E-state index in [1.807, 2.05) is 36.2 Å². The summed E-state index contributed by atoms with van der Waals surface area (Å²) in [5, 5.41) is 8.93. The number of hydrogen-bond donors (Lipinski definition) is 1. The normalized spacial score (nSPS) is 10.4. The number of rotatable bonds is 5. The molecule has 0 atom stereocenters. The Morgan fingerprint density at radius 2 is 2.28 bits per heavy atom. The maximum atomic E-state index is 8.93. The van der Waals surface area contributed by atoms with Crippen LogP contribution in [0.4, 0.5) is 6.01 Å². The molecule has 0 saturated carbocycles. The second kappa shape index (κ2) is 5.55. The highest BCUT2D eigenvalue weighted by atomic mass is 16.5. The smallest absolute Gasteiger partial charge is 0.297 e. The lowest BCUT2D eigenvalue weighted by atomic mass is 10.2. The summed E-state index contributed by atoms with van der Waals surface area (Å²) in [6, 6.07) is 8.30. The van der Waals surface area contributed by atoms with E-state index in [0.29, 0.717) is 18.3 Å². The monoisotopic (exact) mass is 248 g/mol. The second-order valence-electron chi connectivity index (χ2n) is 3.99. The molecule has 0 bridgehead atoms. The summed E-state index contributed by atoms with van der Waals surface area (Å²) in [5.74, 6) is 0.823. The van der Waals surface area contributed by atoms with Crippen LogP contribution in [0.25, 0.3) is 0 Å². The Morgan fingerprint density at radius 1 is 1.44 bits per heavy atom. The molecule has 5 nitrogen and oxygen atoms in total. The van der Waals surface area contributed by atoms with Crippen molar-refractivity contribution in [1.82, 2.24) is 4.98 Å². The molecular weight excluding hydrogens is 232 g/mol. The van der Waals surface area contributed by atoms with Crippen molar-refractivity contribution < 1.29 is 14.3 Å². The van der Waals surface area contributed by atoms with E-state index < -0.39 is 0 Å². The van der Waals surface area contributed by atoms with Gasteiger partial charge in [0.25, 0.3) is 6.01 Å². The number of anilines is 1. The first-order valence-electron chi connectivity index (χ1n) is 5.62. The molecule has 0 amide bonds. The lowest BCUT2D eigenvalue weighted by Crippen LogP contribution is -2.16. The molecule has 0 saturated heterocycles. The van der Waals surface area contributed by atoms with Crippen LogP contribution in [0.2, 0.25) is 0 Å². The van der Waals surface area contributed by atoms with Gasteiger partial charge in [-0.15, -0.1) is 0 Å². The Hall–Kier alpha value is -2.01. The third-order valence-electron chi connectivity index (χ3n) is 2.58. The van der Waals surface area contributed by atoms with Gasteiger partial charge in [0.05, 0.1) is 13.7 Å². The topological polar surface area (TPSA) is 58.7 Å². The largest absolute Gasteiger partial charge is 0.497 e. The minimum Gasteiger partial charge on any atom is -0.497 e. The minimum absolute atomic E-state index is 0.115. The van der Waals surface area contributed by atoms with Crippen molar-refractivity contribution in [3.8, 4) is 5.75 Å². The van der Waals surface area contributed by atoms with E-state index >= 15 is 0 Å². The molecule has 0 spiro atoms. The van der Waals surface area contributed by atoms with E-state index in [4.69, 9.17) is 14.3 Å². The third kappa shape index (κ3) is 2.81. The fraction of sp³-hybridized carbons (Fsp3) is 0.308. The van der Waals surface area contributed by atoms with Crippen molar-refractivity contribution in [2.75, 3.05) is 19.1 Å². The number of benzene rings is 1. The molecule has 0 aliphatic carbocycles. The molecule has 1 heterocycles. The predicted molar refractivity (Wildman–Crippen MR) is 67.5 cm³/mol. The van der Waals surface area contributed by atoms with Crippen molar-refractivity contribution in [3.63, 3.8) is 0 Å². The van der Waals surface area contributed by atoms with E-state index in [-0.39, 0.29) is 6.61 Å². The molecular formula is C13H16N2O3. The summed E-state index contributed by atoms with van der Waals surface area (Å²) in [4.78, 5) is 6.01. The van der Waals surface area contributed by atoms with Crippen molar-refractivity contribution >= 4 is 6.01 Å². The minimum atomic E-state index is -0.115. The maximum absolute atomic E-state index is 8.93. The van der Waals surface area contributed by atoms with Gasteiger partial charge in [-0.2, -0.15) is 4.98 Å². The van der Waals surface area contributed by atoms with Gasteiger partial charge in [0.2, 0.25) is 0 Å². The van der Waals surface area contributed by atoms with Crippen LogP contribution in [-0.4, -0.2) is 24.2 Å².